The molecular weight excluding hydrogens is 188 g/mol. The molecule has 15 heavy (non-hydrogen) atoms. The maximum Gasteiger partial charge on any atom is 0.0991 e. The number of imidazole rings is 1. The molecule has 0 bridgehead atoms. The Morgan fingerprint density at radius 3 is 3.13 bits per heavy atom. The average molecular weight is 200 g/mol. The quantitative estimate of drug-likeness (QED) is 0.763. The second-order valence-corrected chi connectivity index (χ2v) is 3.91. The monoisotopic (exact) mass is 200 g/mol. The van der Waals surface area contributed by atoms with Crippen molar-refractivity contribution >= 4 is 0 Å². The molecule has 76 valence electrons. The lowest BCUT2D eigenvalue weighted by atomic mass is 10.1. The molecule has 0 radical (unpaired) electrons. The van der Waals surface area contributed by atoms with Gasteiger partial charge in [-0.1, -0.05) is 6.07 Å². The van der Waals surface area contributed by atoms with Gasteiger partial charge in [0.15, 0.2) is 0 Å². The van der Waals surface area contributed by atoms with Gasteiger partial charge in [-0.3, -0.25) is 0 Å². The van der Waals surface area contributed by atoms with Crippen molar-refractivity contribution in [3.63, 3.8) is 0 Å². The van der Waals surface area contributed by atoms with Gasteiger partial charge in [0.05, 0.1) is 12.4 Å². The summed E-state index contributed by atoms with van der Waals surface area (Å²) in [4.78, 5) is 4.02. The van der Waals surface area contributed by atoms with Crippen LogP contribution in [0.5, 0.6) is 0 Å². The number of nitrogens with zero attached hydrogens (tertiary/aromatic N) is 2. The minimum Gasteiger partial charge on any atom is -0.388 e. The Hall–Kier alpha value is -1.61. The number of aryl methyl sites for hydroxylation is 1. The fraction of sp³-hybridized carbons (Fsp3) is 0.250. The lowest BCUT2D eigenvalue weighted by molar-refractivity contribution is 0.180. The number of aliphatic hydroxyl groups is 1. The van der Waals surface area contributed by atoms with E-state index in [1.165, 1.54) is 5.56 Å². The van der Waals surface area contributed by atoms with Crippen LogP contribution in [0.15, 0.2) is 36.9 Å². The molecule has 0 saturated carbocycles. The molecule has 3 rings (SSSR count). The van der Waals surface area contributed by atoms with E-state index in [0.717, 1.165) is 24.1 Å². The van der Waals surface area contributed by atoms with Crippen LogP contribution in [0, 0.1) is 0 Å². The molecule has 1 heterocycles. The highest BCUT2D eigenvalue weighted by Crippen LogP contribution is 2.32. The van der Waals surface area contributed by atoms with Crippen molar-refractivity contribution in [1.82, 2.24) is 9.55 Å². The SMILES string of the molecule is OC1CCc2cc(-n3ccnc3)ccc21. The third kappa shape index (κ3) is 1.36. The second-order valence-electron chi connectivity index (χ2n) is 3.91. The van der Waals surface area contributed by atoms with Gasteiger partial charge in [-0.2, -0.15) is 0 Å². The molecule has 1 aromatic heterocycles. The molecule has 0 aliphatic heterocycles. The molecule has 2 aromatic rings. The second kappa shape index (κ2) is 3.21. The maximum absolute atomic E-state index is 9.68. The van der Waals surface area contributed by atoms with E-state index in [-0.39, 0.29) is 6.10 Å². The van der Waals surface area contributed by atoms with Crippen LogP contribution in [0.25, 0.3) is 5.69 Å². The summed E-state index contributed by atoms with van der Waals surface area (Å²) in [7, 11) is 0. The highest BCUT2D eigenvalue weighted by Gasteiger charge is 2.19. The first-order chi connectivity index (χ1) is 7.34. The fourth-order valence-corrected chi connectivity index (χ4v) is 2.15. The lowest BCUT2D eigenvalue weighted by Crippen LogP contribution is -1.94. The van der Waals surface area contributed by atoms with Gasteiger partial charge in [0.2, 0.25) is 0 Å². The van der Waals surface area contributed by atoms with Crippen molar-refractivity contribution in [2.24, 2.45) is 0 Å². The zero-order chi connectivity index (χ0) is 10.3. The lowest BCUT2D eigenvalue weighted by Gasteiger charge is -2.06. The smallest absolute Gasteiger partial charge is 0.0991 e. The van der Waals surface area contributed by atoms with E-state index in [2.05, 4.69) is 11.1 Å². The summed E-state index contributed by atoms with van der Waals surface area (Å²) in [5.41, 5.74) is 3.45. The average Bonchev–Trinajstić information content (AvgIpc) is 2.88. The Morgan fingerprint density at radius 2 is 2.33 bits per heavy atom. The van der Waals surface area contributed by atoms with Crippen LogP contribution in [0.1, 0.15) is 23.7 Å². The van der Waals surface area contributed by atoms with E-state index in [9.17, 15) is 5.11 Å². The van der Waals surface area contributed by atoms with Gasteiger partial charge < -0.3 is 9.67 Å². The predicted molar refractivity (Wildman–Crippen MR) is 56.8 cm³/mol. The van der Waals surface area contributed by atoms with Crippen molar-refractivity contribution in [2.45, 2.75) is 18.9 Å². The Morgan fingerprint density at radius 1 is 1.40 bits per heavy atom. The summed E-state index contributed by atoms with van der Waals surface area (Å²) >= 11 is 0. The van der Waals surface area contributed by atoms with Crippen LogP contribution in [0.3, 0.4) is 0 Å². The number of hydrogen-bond donors (Lipinski definition) is 1. The maximum atomic E-state index is 9.68. The summed E-state index contributed by atoms with van der Waals surface area (Å²) in [6.07, 6.45) is 7.03. The van der Waals surface area contributed by atoms with Gasteiger partial charge in [-0.05, 0) is 36.1 Å². The zero-order valence-corrected chi connectivity index (χ0v) is 8.30. The molecule has 1 aliphatic rings. The fourth-order valence-electron chi connectivity index (χ4n) is 2.15. The molecule has 1 unspecified atom stereocenters. The largest absolute Gasteiger partial charge is 0.388 e. The summed E-state index contributed by atoms with van der Waals surface area (Å²) in [6.45, 7) is 0. The molecule has 1 aromatic carbocycles. The molecule has 3 heteroatoms. The van der Waals surface area contributed by atoms with Crippen LogP contribution in [0.4, 0.5) is 0 Å². The highest BCUT2D eigenvalue weighted by atomic mass is 16.3. The minimum atomic E-state index is -0.267. The molecule has 0 fully saturated rings. The molecule has 3 nitrogen and oxygen atoms in total. The molecule has 0 saturated heterocycles. The first kappa shape index (κ1) is 8.68. The van der Waals surface area contributed by atoms with E-state index >= 15 is 0 Å². The summed E-state index contributed by atoms with van der Waals surface area (Å²) in [5, 5.41) is 9.68. The normalized spacial score (nSPS) is 19.1. The van der Waals surface area contributed by atoms with Gasteiger partial charge in [-0.15, -0.1) is 0 Å². The Labute approximate surface area is 88.0 Å². The summed E-state index contributed by atoms with van der Waals surface area (Å²) < 4.78 is 1.98. The Bertz CT molecular complexity index is 476. The van der Waals surface area contributed by atoms with E-state index in [4.69, 9.17) is 0 Å². The van der Waals surface area contributed by atoms with Crippen molar-refractivity contribution in [1.29, 1.82) is 0 Å². The molecule has 1 atom stereocenters. The highest BCUT2D eigenvalue weighted by molar-refractivity contribution is 5.43. The van der Waals surface area contributed by atoms with Crippen LogP contribution in [0.2, 0.25) is 0 Å². The number of aliphatic hydroxyl groups excluding tert-OH is 1. The molecule has 1 N–H and O–H groups in total. The van der Waals surface area contributed by atoms with Gasteiger partial charge in [-0.25, -0.2) is 4.98 Å². The molecule has 1 aliphatic carbocycles. The standard InChI is InChI=1S/C12H12N2O/c15-12-4-1-9-7-10(2-3-11(9)12)14-6-5-13-8-14/h2-3,5-8,12,15H,1,4H2. The van der Waals surface area contributed by atoms with Gasteiger partial charge >= 0.3 is 0 Å². The summed E-state index contributed by atoms with van der Waals surface area (Å²) in [5.74, 6) is 0. The van der Waals surface area contributed by atoms with E-state index < -0.39 is 0 Å². The Balaban J connectivity index is 2.07. The van der Waals surface area contributed by atoms with Crippen molar-refractivity contribution < 1.29 is 5.11 Å². The number of fused-ring (bicyclic) bond motifs is 1. The van der Waals surface area contributed by atoms with Crippen LogP contribution in [-0.2, 0) is 6.42 Å². The van der Waals surface area contributed by atoms with Crippen LogP contribution < -0.4 is 0 Å². The minimum absolute atomic E-state index is 0.267. The van der Waals surface area contributed by atoms with Crippen LogP contribution >= 0.6 is 0 Å². The van der Waals surface area contributed by atoms with Crippen molar-refractivity contribution in [3.8, 4) is 5.69 Å². The Kier molecular flexibility index (Phi) is 1.86. The third-order valence-corrected chi connectivity index (χ3v) is 2.98. The van der Waals surface area contributed by atoms with Crippen LogP contribution in [-0.4, -0.2) is 14.7 Å². The third-order valence-electron chi connectivity index (χ3n) is 2.98. The van der Waals surface area contributed by atoms with E-state index in [1.807, 2.05) is 22.9 Å². The topological polar surface area (TPSA) is 38.0 Å². The molecule has 0 amide bonds. The first-order valence-corrected chi connectivity index (χ1v) is 5.14. The van der Waals surface area contributed by atoms with Gasteiger partial charge in [0.1, 0.15) is 0 Å². The van der Waals surface area contributed by atoms with Gasteiger partial charge in [0.25, 0.3) is 0 Å². The first-order valence-electron chi connectivity index (χ1n) is 5.14. The number of aromatic nitrogens is 2. The van der Waals surface area contributed by atoms with Crippen molar-refractivity contribution in [3.05, 3.63) is 48.0 Å². The molecule has 0 spiro atoms. The molecular formula is C12H12N2O. The van der Waals surface area contributed by atoms with Crippen molar-refractivity contribution in [2.75, 3.05) is 0 Å². The number of benzene rings is 1. The van der Waals surface area contributed by atoms with E-state index in [1.54, 1.807) is 12.5 Å². The summed E-state index contributed by atoms with van der Waals surface area (Å²) in [6, 6.07) is 6.17. The number of hydrogen-bond acceptors (Lipinski definition) is 2. The number of rotatable bonds is 1. The predicted octanol–water partition coefficient (Wildman–Crippen LogP) is 1.85. The van der Waals surface area contributed by atoms with Gasteiger partial charge in [0, 0.05) is 18.1 Å². The zero-order valence-electron chi connectivity index (χ0n) is 8.30. The van der Waals surface area contributed by atoms with E-state index in [0.29, 0.717) is 0 Å².